The highest BCUT2D eigenvalue weighted by Gasteiger charge is 2.28. The summed E-state index contributed by atoms with van der Waals surface area (Å²) in [5.74, 6) is 0.620. The average molecular weight is 397 g/mol. The minimum atomic E-state index is -0.544. The standard InChI is InChI=1S/C24H32N2O3/c1-6-21(24(28)25-5)26(15-19-11-9-10-18(4)14-19)23(27)16-29-22-13-8-7-12-20(22)17(2)3/h7-14,17,21H,6,15-16H2,1-5H3,(H,25,28)/t21-/m0/s1. The van der Waals surface area contributed by atoms with E-state index in [0.717, 1.165) is 16.7 Å². The molecular formula is C24H32N2O3. The van der Waals surface area contributed by atoms with E-state index in [-0.39, 0.29) is 18.4 Å². The number of aryl methyl sites for hydroxylation is 1. The van der Waals surface area contributed by atoms with Gasteiger partial charge in [0.2, 0.25) is 5.91 Å². The summed E-state index contributed by atoms with van der Waals surface area (Å²) in [7, 11) is 1.59. The molecule has 2 rings (SSSR count). The van der Waals surface area contributed by atoms with Gasteiger partial charge in [-0.15, -0.1) is 0 Å². The molecule has 5 heteroatoms. The van der Waals surface area contributed by atoms with Gasteiger partial charge in [0.25, 0.3) is 5.91 Å². The molecule has 2 aromatic rings. The molecule has 0 spiro atoms. The summed E-state index contributed by atoms with van der Waals surface area (Å²) in [6, 6.07) is 15.2. The maximum Gasteiger partial charge on any atom is 0.261 e. The Labute approximate surface area is 174 Å². The summed E-state index contributed by atoms with van der Waals surface area (Å²) in [6.45, 7) is 8.35. The topological polar surface area (TPSA) is 58.6 Å². The second-order valence-corrected chi connectivity index (χ2v) is 7.53. The SMILES string of the molecule is CC[C@@H](C(=O)NC)N(Cc1cccc(C)c1)C(=O)COc1ccccc1C(C)C. The second-order valence-electron chi connectivity index (χ2n) is 7.53. The summed E-state index contributed by atoms with van der Waals surface area (Å²) in [4.78, 5) is 27.2. The fourth-order valence-electron chi connectivity index (χ4n) is 3.40. The zero-order valence-electron chi connectivity index (χ0n) is 18.1. The van der Waals surface area contributed by atoms with Crippen molar-refractivity contribution in [1.82, 2.24) is 10.2 Å². The van der Waals surface area contributed by atoms with Gasteiger partial charge in [0, 0.05) is 13.6 Å². The molecule has 0 bridgehead atoms. The number of rotatable bonds is 9. The summed E-state index contributed by atoms with van der Waals surface area (Å²) >= 11 is 0. The number of nitrogens with one attached hydrogen (secondary N) is 1. The molecule has 0 radical (unpaired) electrons. The number of amides is 2. The number of hydrogen-bond donors (Lipinski definition) is 1. The van der Waals surface area contributed by atoms with Crippen LogP contribution in [0, 0.1) is 6.92 Å². The quantitative estimate of drug-likeness (QED) is 0.696. The average Bonchev–Trinajstić information content (AvgIpc) is 2.71. The highest BCUT2D eigenvalue weighted by molar-refractivity contribution is 5.88. The first-order valence-electron chi connectivity index (χ1n) is 10.2. The Morgan fingerprint density at radius 2 is 1.83 bits per heavy atom. The van der Waals surface area contributed by atoms with E-state index in [1.807, 2.05) is 62.4 Å². The number of para-hydroxylation sites is 1. The lowest BCUT2D eigenvalue weighted by atomic mass is 10.0. The van der Waals surface area contributed by atoms with Crippen molar-refractivity contribution in [3.8, 4) is 5.75 Å². The first-order valence-corrected chi connectivity index (χ1v) is 10.2. The third-order valence-electron chi connectivity index (χ3n) is 4.96. The van der Waals surface area contributed by atoms with Crippen molar-refractivity contribution in [2.75, 3.05) is 13.7 Å². The number of benzene rings is 2. The van der Waals surface area contributed by atoms with Crippen LogP contribution in [0.25, 0.3) is 0 Å². The smallest absolute Gasteiger partial charge is 0.261 e. The molecule has 1 N–H and O–H groups in total. The van der Waals surface area contributed by atoms with Crippen LogP contribution in [0.4, 0.5) is 0 Å². The van der Waals surface area contributed by atoms with Gasteiger partial charge in [-0.1, -0.05) is 68.8 Å². The molecule has 0 unspecified atom stereocenters. The molecule has 0 aromatic heterocycles. The molecule has 0 aliphatic rings. The molecular weight excluding hydrogens is 364 g/mol. The Bertz CT molecular complexity index is 832. The molecule has 1 atom stereocenters. The zero-order chi connectivity index (χ0) is 21.4. The van der Waals surface area contributed by atoms with Crippen LogP contribution in [0.15, 0.2) is 48.5 Å². The van der Waals surface area contributed by atoms with Crippen LogP contribution in [0.3, 0.4) is 0 Å². The molecule has 156 valence electrons. The first-order chi connectivity index (χ1) is 13.9. The van der Waals surface area contributed by atoms with Gasteiger partial charge in [0.15, 0.2) is 6.61 Å². The van der Waals surface area contributed by atoms with E-state index in [4.69, 9.17) is 4.74 Å². The predicted molar refractivity (Wildman–Crippen MR) is 116 cm³/mol. The van der Waals surface area contributed by atoms with Crippen LogP contribution in [-0.4, -0.2) is 36.4 Å². The lowest BCUT2D eigenvalue weighted by Crippen LogP contribution is -2.49. The number of nitrogens with zero attached hydrogens (tertiary/aromatic N) is 1. The van der Waals surface area contributed by atoms with Crippen molar-refractivity contribution in [2.24, 2.45) is 0 Å². The van der Waals surface area contributed by atoms with Crippen molar-refractivity contribution in [1.29, 1.82) is 0 Å². The molecule has 0 saturated heterocycles. The van der Waals surface area contributed by atoms with E-state index in [9.17, 15) is 9.59 Å². The zero-order valence-corrected chi connectivity index (χ0v) is 18.1. The van der Waals surface area contributed by atoms with E-state index in [2.05, 4.69) is 19.2 Å². The number of ether oxygens (including phenoxy) is 1. The molecule has 0 aliphatic heterocycles. The van der Waals surface area contributed by atoms with Crippen molar-refractivity contribution in [3.63, 3.8) is 0 Å². The second kappa shape index (κ2) is 10.6. The van der Waals surface area contributed by atoms with Crippen LogP contribution in [0.1, 0.15) is 49.8 Å². The fraction of sp³-hybridized carbons (Fsp3) is 0.417. The van der Waals surface area contributed by atoms with Crippen LogP contribution < -0.4 is 10.1 Å². The summed E-state index contributed by atoms with van der Waals surface area (Å²) in [6.07, 6.45) is 0.528. The van der Waals surface area contributed by atoms with Crippen molar-refractivity contribution < 1.29 is 14.3 Å². The number of carbonyl (C=O) groups is 2. The van der Waals surface area contributed by atoms with Gasteiger partial charge in [-0.25, -0.2) is 0 Å². The maximum atomic E-state index is 13.1. The largest absolute Gasteiger partial charge is 0.483 e. The highest BCUT2D eigenvalue weighted by Crippen LogP contribution is 2.26. The monoisotopic (exact) mass is 396 g/mol. The minimum Gasteiger partial charge on any atom is -0.483 e. The molecule has 2 amide bonds. The van der Waals surface area contributed by atoms with E-state index in [1.165, 1.54) is 0 Å². The molecule has 0 heterocycles. The van der Waals surface area contributed by atoms with Crippen LogP contribution in [0.2, 0.25) is 0 Å². The van der Waals surface area contributed by atoms with Crippen LogP contribution in [0.5, 0.6) is 5.75 Å². The molecule has 0 fully saturated rings. The number of carbonyl (C=O) groups excluding carboxylic acids is 2. The lowest BCUT2D eigenvalue weighted by molar-refractivity contribution is -0.142. The Morgan fingerprint density at radius 1 is 1.10 bits per heavy atom. The lowest BCUT2D eigenvalue weighted by Gasteiger charge is -2.30. The van der Waals surface area contributed by atoms with Gasteiger partial charge in [-0.3, -0.25) is 9.59 Å². The predicted octanol–water partition coefficient (Wildman–Crippen LogP) is 4.05. The van der Waals surface area contributed by atoms with Crippen molar-refractivity contribution in [2.45, 2.75) is 52.6 Å². The molecule has 0 saturated carbocycles. The van der Waals surface area contributed by atoms with Gasteiger partial charge in [0.05, 0.1) is 0 Å². The Hall–Kier alpha value is -2.82. The molecule has 29 heavy (non-hydrogen) atoms. The molecule has 5 nitrogen and oxygen atoms in total. The van der Waals surface area contributed by atoms with E-state index in [0.29, 0.717) is 24.6 Å². The van der Waals surface area contributed by atoms with Gasteiger partial charge < -0.3 is 15.0 Å². The Balaban J connectivity index is 2.23. The third kappa shape index (κ3) is 6.08. The number of hydrogen-bond acceptors (Lipinski definition) is 3. The van der Waals surface area contributed by atoms with Gasteiger partial charge >= 0.3 is 0 Å². The van der Waals surface area contributed by atoms with Gasteiger partial charge in [-0.05, 0) is 36.5 Å². The Morgan fingerprint density at radius 3 is 2.45 bits per heavy atom. The first kappa shape index (κ1) is 22.5. The van der Waals surface area contributed by atoms with Crippen LogP contribution >= 0.6 is 0 Å². The summed E-state index contributed by atoms with van der Waals surface area (Å²) in [5, 5.41) is 2.67. The van der Waals surface area contributed by atoms with E-state index < -0.39 is 6.04 Å². The van der Waals surface area contributed by atoms with E-state index in [1.54, 1.807) is 11.9 Å². The Kier molecular flexibility index (Phi) is 8.25. The highest BCUT2D eigenvalue weighted by atomic mass is 16.5. The third-order valence-corrected chi connectivity index (χ3v) is 4.96. The van der Waals surface area contributed by atoms with Crippen LogP contribution in [-0.2, 0) is 16.1 Å². The van der Waals surface area contributed by atoms with E-state index >= 15 is 0 Å². The minimum absolute atomic E-state index is 0.108. The maximum absolute atomic E-state index is 13.1. The summed E-state index contributed by atoms with van der Waals surface area (Å²) in [5.41, 5.74) is 3.16. The van der Waals surface area contributed by atoms with Crippen molar-refractivity contribution in [3.05, 3.63) is 65.2 Å². The normalized spacial score (nSPS) is 11.8. The molecule has 2 aromatic carbocycles. The molecule has 0 aliphatic carbocycles. The number of likely N-dealkylation sites (N-methyl/N-ethyl adjacent to an activating group) is 1. The van der Waals surface area contributed by atoms with Gasteiger partial charge in [-0.2, -0.15) is 0 Å². The summed E-state index contributed by atoms with van der Waals surface area (Å²) < 4.78 is 5.89. The van der Waals surface area contributed by atoms with Gasteiger partial charge in [0.1, 0.15) is 11.8 Å². The van der Waals surface area contributed by atoms with Crippen molar-refractivity contribution >= 4 is 11.8 Å². The fourth-order valence-corrected chi connectivity index (χ4v) is 3.40.